The van der Waals surface area contributed by atoms with E-state index < -0.39 is 0 Å². The molecule has 1 fully saturated rings. The highest BCUT2D eigenvalue weighted by atomic mass is 79.9. The van der Waals surface area contributed by atoms with Crippen molar-refractivity contribution in [1.29, 1.82) is 0 Å². The van der Waals surface area contributed by atoms with Gasteiger partial charge in [-0.15, -0.1) is 11.3 Å². The molecular formula is C15H16BrNOS. The minimum absolute atomic E-state index is 0.445. The van der Waals surface area contributed by atoms with Gasteiger partial charge in [-0.05, 0) is 64.3 Å². The van der Waals surface area contributed by atoms with E-state index in [2.05, 4.69) is 50.9 Å². The fraction of sp³-hybridized carbons (Fsp3) is 0.333. The second kappa shape index (κ2) is 5.55. The third-order valence-electron chi connectivity index (χ3n) is 3.42. The van der Waals surface area contributed by atoms with E-state index in [9.17, 15) is 0 Å². The lowest BCUT2D eigenvalue weighted by Crippen LogP contribution is -2.11. The molecule has 1 unspecified atom stereocenters. The van der Waals surface area contributed by atoms with Crippen molar-refractivity contribution >= 4 is 33.0 Å². The van der Waals surface area contributed by atoms with Crippen LogP contribution in [0.15, 0.2) is 40.2 Å². The molecule has 1 heterocycles. The van der Waals surface area contributed by atoms with Crippen LogP contribution in [0.3, 0.4) is 0 Å². The number of ether oxygens (including phenoxy) is 1. The van der Waals surface area contributed by atoms with Crippen LogP contribution in [0.4, 0.5) is 5.69 Å². The van der Waals surface area contributed by atoms with Gasteiger partial charge in [0.2, 0.25) is 0 Å². The summed E-state index contributed by atoms with van der Waals surface area (Å²) >= 11 is 5.37. The fourth-order valence-electron chi connectivity index (χ4n) is 2.25. The topological polar surface area (TPSA) is 21.3 Å². The van der Waals surface area contributed by atoms with E-state index in [4.69, 9.17) is 4.74 Å². The van der Waals surface area contributed by atoms with Crippen LogP contribution in [0.2, 0.25) is 0 Å². The summed E-state index contributed by atoms with van der Waals surface area (Å²) < 4.78 is 6.25. The molecule has 19 heavy (non-hydrogen) atoms. The van der Waals surface area contributed by atoms with Crippen molar-refractivity contribution < 1.29 is 4.74 Å². The monoisotopic (exact) mass is 337 g/mol. The maximum Gasteiger partial charge on any atom is 0.133 e. The zero-order valence-electron chi connectivity index (χ0n) is 10.7. The molecule has 0 saturated heterocycles. The number of hydrogen-bond acceptors (Lipinski definition) is 3. The molecule has 0 radical (unpaired) electrons. The van der Waals surface area contributed by atoms with E-state index in [1.165, 1.54) is 17.7 Å². The number of benzene rings is 1. The van der Waals surface area contributed by atoms with Gasteiger partial charge in [-0.3, -0.25) is 0 Å². The van der Waals surface area contributed by atoms with E-state index in [0.717, 1.165) is 21.8 Å². The highest BCUT2D eigenvalue weighted by Crippen LogP contribution is 2.44. The molecule has 2 nitrogen and oxygen atoms in total. The molecule has 1 aromatic heterocycles. The van der Waals surface area contributed by atoms with Gasteiger partial charge < -0.3 is 10.1 Å². The van der Waals surface area contributed by atoms with Gasteiger partial charge in [0.05, 0.1) is 17.6 Å². The number of thiophene rings is 1. The summed E-state index contributed by atoms with van der Waals surface area (Å²) in [6.45, 7) is 0. The van der Waals surface area contributed by atoms with Crippen LogP contribution in [0.5, 0.6) is 5.75 Å². The Hall–Kier alpha value is -1.00. The second-order valence-corrected chi connectivity index (χ2v) is 6.66. The maximum atomic E-state index is 5.26. The normalized spacial score (nSPS) is 16.1. The molecule has 1 aromatic carbocycles. The van der Waals surface area contributed by atoms with Gasteiger partial charge in [0, 0.05) is 10.6 Å². The molecule has 1 N–H and O–H groups in total. The average molecular weight is 338 g/mol. The van der Waals surface area contributed by atoms with Gasteiger partial charge in [0.1, 0.15) is 5.75 Å². The number of nitrogens with one attached hydrogen (secondary N) is 1. The van der Waals surface area contributed by atoms with Gasteiger partial charge in [-0.2, -0.15) is 0 Å². The molecule has 1 saturated carbocycles. The van der Waals surface area contributed by atoms with Crippen molar-refractivity contribution in [3.8, 4) is 5.75 Å². The SMILES string of the molecule is COc1ccc(NC(c2cccs2)C2CC2)cc1Br. The molecule has 0 bridgehead atoms. The van der Waals surface area contributed by atoms with Crippen molar-refractivity contribution in [2.24, 2.45) is 5.92 Å². The van der Waals surface area contributed by atoms with Crippen LogP contribution in [-0.4, -0.2) is 7.11 Å². The van der Waals surface area contributed by atoms with Crippen molar-refractivity contribution in [2.45, 2.75) is 18.9 Å². The zero-order chi connectivity index (χ0) is 13.2. The van der Waals surface area contributed by atoms with Gasteiger partial charge in [0.15, 0.2) is 0 Å². The second-order valence-electron chi connectivity index (χ2n) is 4.82. The minimum Gasteiger partial charge on any atom is -0.496 e. The number of hydrogen-bond donors (Lipinski definition) is 1. The van der Waals surface area contributed by atoms with Crippen molar-refractivity contribution in [1.82, 2.24) is 0 Å². The smallest absolute Gasteiger partial charge is 0.133 e. The molecule has 0 aliphatic heterocycles. The first-order valence-corrected chi connectivity index (χ1v) is 8.08. The van der Waals surface area contributed by atoms with E-state index in [0.29, 0.717) is 6.04 Å². The maximum absolute atomic E-state index is 5.26. The Morgan fingerprint density at radius 3 is 2.79 bits per heavy atom. The molecule has 3 rings (SSSR count). The van der Waals surface area contributed by atoms with Crippen LogP contribution in [0.1, 0.15) is 23.8 Å². The first-order chi connectivity index (χ1) is 9.28. The molecule has 1 aliphatic carbocycles. The summed E-state index contributed by atoms with van der Waals surface area (Å²) in [5, 5.41) is 5.81. The van der Waals surface area contributed by atoms with Gasteiger partial charge in [0.25, 0.3) is 0 Å². The number of methoxy groups -OCH3 is 1. The van der Waals surface area contributed by atoms with Crippen LogP contribution < -0.4 is 10.1 Å². The Morgan fingerprint density at radius 2 is 2.21 bits per heavy atom. The molecule has 0 amide bonds. The lowest BCUT2D eigenvalue weighted by molar-refractivity contribution is 0.412. The van der Waals surface area contributed by atoms with E-state index in [1.54, 1.807) is 7.11 Å². The van der Waals surface area contributed by atoms with E-state index >= 15 is 0 Å². The van der Waals surface area contributed by atoms with E-state index in [1.807, 2.05) is 17.4 Å². The predicted molar refractivity (Wildman–Crippen MR) is 84.1 cm³/mol. The summed E-state index contributed by atoms with van der Waals surface area (Å²) in [5.74, 6) is 1.64. The van der Waals surface area contributed by atoms with Crippen LogP contribution in [-0.2, 0) is 0 Å². The lowest BCUT2D eigenvalue weighted by Gasteiger charge is -2.19. The lowest BCUT2D eigenvalue weighted by atomic mass is 10.1. The molecular weight excluding hydrogens is 322 g/mol. The van der Waals surface area contributed by atoms with Crippen LogP contribution in [0.25, 0.3) is 0 Å². The standard InChI is InChI=1S/C15H16BrNOS/c1-18-13-7-6-11(9-12(13)16)17-15(10-4-5-10)14-3-2-8-19-14/h2-3,6-10,15,17H,4-5H2,1H3. The Labute approximate surface area is 125 Å². The molecule has 1 aliphatic rings. The Kier molecular flexibility index (Phi) is 3.80. The third kappa shape index (κ3) is 2.95. The highest BCUT2D eigenvalue weighted by Gasteiger charge is 2.32. The largest absolute Gasteiger partial charge is 0.496 e. The summed E-state index contributed by atoms with van der Waals surface area (Å²) in [5.41, 5.74) is 1.14. The summed E-state index contributed by atoms with van der Waals surface area (Å²) in [6, 6.07) is 10.9. The number of anilines is 1. The van der Waals surface area contributed by atoms with E-state index in [-0.39, 0.29) is 0 Å². The van der Waals surface area contributed by atoms with Crippen molar-refractivity contribution in [2.75, 3.05) is 12.4 Å². The number of rotatable bonds is 5. The first-order valence-electron chi connectivity index (χ1n) is 6.41. The minimum atomic E-state index is 0.445. The van der Waals surface area contributed by atoms with Gasteiger partial charge in [-0.25, -0.2) is 0 Å². The van der Waals surface area contributed by atoms with Gasteiger partial charge in [-0.1, -0.05) is 6.07 Å². The highest BCUT2D eigenvalue weighted by molar-refractivity contribution is 9.10. The quantitative estimate of drug-likeness (QED) is 0.821. The average Bonchev–Trinajstić information content (AvgIpc) is 3.11. The van der Waals surface area contributed by atoms with Crippen LogP contribution in [0, 0.1) is 5.92 Å². The Morgan fingerprint density at radius 1 is 1.37 bits per heavy atom. The molecule has 100 valence electrons. The zero-order valence-corrected chi connectivity index (χ0v) is 13.1. The first kappa shape index (κ1) is 13.0. The van der Waals surface area contributed by atoms with Crippen molar-refractivity contribution in [3.63, 3.8) is 0 Å². The Balaban J connectivity index is 1.80. The summed E-state index contributed by atoms with van der Waals surface area (Å²) in [7, 11) is 1.69. The molecule has 1 atom stereocenters. The molecule has 2 aromatic rings. The molecule has 4 heteroatoms. The Bertz CT molecular complexity index is 551. The number of halogens is 1. The fourth-order valence-corrected chi connectivity index (χ4v) is 3.66. The summed E-state index contributed by atoms with van der Waals surface area (Å²) in [6.07, 6.45) is 2.65. The third-order valence-corrected chi connectivity index (χ3v) is 4.99. The predicted octanol–water partition coefficient (Wildman–Crippen LogP) is 5.08. The van der Waals surface area contributed by atoms with Crippen molar-refractivity contribution in [3.05, 3.63) is 45.1 Å². The molecule has 0 spiro atoms. The van der Waals surface area contributed by atoms with Crippen LogP contribution >= 0.6 is 27.3 Å². The van der Waals surface area contributed by atoms with Gasteiger partial charge >= 0.3 is 0 Å². The summed E-state index contributed by atoms with van der Waals surface area (Å²) in [4.78, 5) is 1.43.